The molecule has 4 heteroatoms. The van der Waals surface area contributed by atoms with Gasteiger partial charge in [-0.05, 0) is 33.0 Å². The Bertz CT molecular complexity index is 210. The van der Waals surface area contributed by atoms with Gasteiger partial charge >= 0.3 is 0 Å². The van der Waals surface area contributed by atoms with Crippen LogP contribution in [0.25, 0.3) is 0 Å². The van der Waals surface area contributed by atoms with Crippen LogP contribution in [0.15, 0.2) is 0 Å². The van der Waals surface area contributed by atoms with Crippen LogP contribution in [-0.4, -0.2) is 42.5 Å². The summed E-state index contributed by atoms with van der Waals surface area (Å²) in [6.45, 7) is 1.79. The number of likely N-dealkylation sites (tertiary alicyclic amines) is 1. The average molecular weight is 204 g/mol. The van der Waals surface area contributed by atoms with Gasteiger partial charge in [-0.15, -0.1) is 11.6 Å². The predicted molar refractivity (Wildman–Crippen MR) is 51.0 cm³/mol. The molecule has 0 atom stereocenters. The summed E-state index contributed by atoms with van der Waals surface area (Å²) >= 11 is 5.31. The molecule has 0 N–H and O–H groups in total. The van der Waals surface area contributed by atoms with Crippen molar-refractivity contribution in [2.75, 3.05) is 26.0 Å². The summed E-state index contributed by atoms with van der Waals surface area (Å²) in [7, 11) is 2.02. The van der Waals surface area contributed by atoms with Crippen LogP contribution >= 0.6 is 11.6 Å². The summed E-state index contributed by atoms with van der Waals surface area (Å²) < 4.78 is 0. The van der Waals surface area contributed by atoms with E-state index in [1.807, 2.05) is 7.05 Å². The van der Waals surface area contributed by atoms with Crippen molar-refractivity contribution >= 4 is 23.2 Å². The SMILES string of the molecule is CN1CCC(C(=O)C(=O)CCl)CC1. The lowest BCUT2D eigenvalue weighted by Gasteiger charge is -2.27. The maximum Gasteiger partial charge on any atom is 0.213 e. The fourth-order valence-corrected chi connectivity index (χ4v) is 1.70. The van der Waals surface area contributed by atoms with E-state index in [1.54, 1.807) is 0 Å². The first-order valence-electron chi connectivity index (χ1n) is 4.46. The lowest BCUT2D eigenvalue weighted by molar-refractivity contribution is -0.138. The highest BCUT2D eigenvalue weighted by molar-refractivity contribution is 6.47. The molecule has 1 heterocycles. The second-order valence-electron chi connectivity index (χ2n) is 3.50. The highest BCUT2D eigenvalue weighted by Gasteiger charge is 2.27. The first-order valence-corrected chi connectivity index (χ1v) is 5.00. The third-order valence-electron chi connectivity index (χ3n) is 2.49. The van der Waals surface area contributed by atoms with Crippen LogP contribution in [-0.2, 0) is 9.59 Å². The van der Waals surface area contributed by atoms with Crippen LogP contribution < -0.4 is 0 Å². The number of ketones is 2. The van der Waals surface area contributed by atoms with Gasteiger partial charge in [0.2, 0.25) is 11.6 Å². The largest absolute Gasteiger partial charge is 0.306 e. The number of nitrogens with zero attached hydrogens (tertiary/aromatic N) is 1. The number of alkyl halides is 1. The molecule has 0 amide bonds. The molecular weight excluding hydrogens is 190 g/mol. The summed E-state index contributed by atoms with van der Waals surface area (Å²) in [5.74, 6) is -0.965. The van der Waals surface area contributed by atoms with Gasteiger partial charge in [-0.2, -0.15) is 0 Å². The number of carbonyl (C=O) groups is 2. The molecule has 13 heavy (non-hydrogen) atoms. The maximum atomic E-state index is 11.4. The van der Waals surface area contributed by atoms with E-state index in [2.05, 4.69) is 4.90 Å². The minimum Gasteiger partial charge on any atom is -0.306 e. The van der Waals surface area contributed by atoms with Crippen molar-refractivity contribution < 1.29 is 9.59 Å². The topological polar surface area (TPSA) is 37.4 Å². The number of piperidine rings is 1. The van der Waals surface area contributed by atoms with Crippen molar-refractivity contribution in [3.63, 3.8) is 0 Å². The Hall–Kier alpha value is -0.410. The van der Waals surface area contributed by atoms with Crippen molar-refractivity contribution in [2.45, 2.75) is 12.8 Å². The normalized spacial score (nSPS) is 20.2. The van der Waals surface area contributed by atoms with Gasteiger partial charge in [0, 0.05) is 5.92 Å². The molecule has 1 aliphatic rings. The Morgan fingerprint density at radius 1 is 1.38 bits per heavy atom. The lowest BCUT2D eigenvalue weighted by Crippen LogP contribution is -2.36. The molecule has 1 fully saturated rings. The minimum atomic E-state index is -0.434. The predicted octanol–water partition coefficient (Wildman–Crippen LogP) is 0.705. The van der Waals surface area contributed by atoms with Crippen molar-refractivity contribution in [3.05, 3.63) is 0 Å². The lowest BCUT2D eigenvalue weighted by atomic mass is 9.91. The van der Waals surface area contributed by atoms with E-state index < -0.39 is 5.78 Å². The van der Waals surface area contributed by atoms with Gasteiger partial charge in [-0.25, -0.2) is 0 Å². The average Bonchev–Trinajstić information content (AvgIpc) is 2.17. The summed E-state index contributed by atoms with van der Waals surface area (Å²) in [5.41, 5.74) is 0. The van der Waals surface area contributed by atoms with Crippen LogP contribution in [0.1, 0.15) is 12.8 Å². The number of hydrogen-bond donors (Lipinski definition) is 0. The van der Waals surface area contributed by atoms with Crippen LogP contribution in [0.2, 0.25) is 0 Å². The molecule has 1 saturated heterocycles. The van der Waals surface area contributed by atoms with Gasteiger partial charge in [-0.3, -0.25) is 9.59 Å². The van der Waals surface area contributed by atoms with Crippen LogP contribution in [0, 0.1) is 5.92 Å². The molecule has 0 bridgehead atoms. The molecule has 0 saturated carbocycles. The zero-order valence-corrected chi connectivity index (χ0v) is 8.51. The number of Topliss-reactive ketones (excluding diaryl/α,β-unsaturated/α-hetero) is 2. The summed E-state index contributed by atoms with van der Waals surface area (Å²) in [5, 5.41) is 0. The van der Waals surface area contributed by atoms with Crippen molar-refractivity contribution in [1.82, 2.24) is 4.90 Å². The van der Waals surface area contributed by atoms with Crippen molar-refractivity contribution in [2.24, 2.45) is 5.92 Å². The smallest absolute Gasteiger partial charge is 0.213 e. The highest BCUT2D eigenvalue weighted by atomic mass is 35.5. The van der Waals surface area contributed by atoms with Crippen LogP contribution in [0.3, 0.4) is 0 Å². The molecule has 1 rings (SSSR count). The van der Waals surface area contributed by atoms with Gasteiger partial charge in [0.1, 0.15) is 0 Å². The van der Waals surface area contributed by atoms with E-state index >= 15 is 0 Å². The number of halogens is 1. The van der Waals surface area contributed by atoms with E-state index in [4.69, 9.17) is 11.6 Å². The molecule has 0 unspecified atom stereocenters. The summed E-state index contributed by atoms with van der Waals surface area (Å²) in [4.78, 5) is 24.5. The number of rotatable bonds is 3. The maximum absolute atomic E-state index is 11.4. The molecule has 0 spiro atoms. The summed E-state index contributed by atoms with van der Waals surface area (Å²) in [6.07, 6.45) is 1.58. The van der Waals surface area contributed by atoms with Gasteiger partial charge in [-0.1, -0.05) is 0 Å². The zero-order chi connectivity index (χ0) is 9.84. The Balaban J connectivity index is 2.44. The van der Waals surface area contributed by atoms with Gasteiger partial charge < -0.3 is 4.90 Å². The fourth-order valence-electron chi connectivity index (χ4n) is 1.56. The molecule has 0 aromatic carbocycles. The monoisotopic (exact) mass is 203 g/mol. The van der Waals surface area contributed by atoms with Gasteiger partial charge in [0.25, 0.3) is 0 Å². The first kappa shape index (κ1) is 10.7. The molecular formula is C9H14ClNO2. The second-order valence-corrected chi connectivity index (χ2v) is 3.77. The Morgan fingerprint density at radius 3 is 2.38 bits per heavy atom. The third-order valence-corrected chi connectivity index (χ3v) is 2.73. The second kappa shape index (κ2) is 4.72. The van der Waals surface area contributed by atoms with E-state index in [0.29, 0.717) is 0 Å². The van der Waals surface area contributed by atoms with Crippen molar-refractivity contribution in [1.29, 1.82) is 0 Å². The molecule has 74 valence electrons. The molecule has 0 aliphatic carbocycles. The quantitative estimate of drug-likeness (QED) is 0.501. The van der Waals surface area contributed by atoms with Gasteiger partial charge in [0.05, 0.1) is 5.88 Å². The van der Waals surface area contributed by atoms with Crippen LogP contribution in [0.5, 0.6) is 0 Å². The Morgan fingerprint density at radius 2 is 1.92 bits per heavy atom. The molecule has 0 aromatic heterocycles. The summed E-state index contributed by atoms with van der Waals surface area (Å²) in [6, 6.07) is 0. The molecule has 1 aliphatic heterocycles. The van der Waals surface area contributed by atoms with Crippen molar-refractivity contribution in [3.8, 4) is 0 Å². The third kappa shape index (κ3) is 2.78. The minimum absolute atomic E-state index is 0.0811. The first-order chi connectivity index (χ1) is 6.15. The molecule has 3 nitrogen and oxygen atoms in total. The number of carbonyl (C=O) groups excluding carboxylic acids is 2. The Kier molecular flexibility index (Phi) is 3.88. The Labute approximate surface area is 83.0 Å². The van der Waals surface area contributed by atoms with Gasteiger partial charge in [0.15, 0.2) is 0 Å². The molecule has 0 aromatic rings. The number of hydrogen-bond acceptors (Lipinski definition) is 3. The standard InChI is InChI=1S/C9H14ClNO2/c1-11-4-2-7(3-5-11)9(13)8(12)6-10/h7H,2-6H2,1H3. The van der Waals surface area contributed by atoms with E-state index in [9.17, 15) is 9.59 Å². The molecule has 0 radical (unpaired) electrons. The van der Waals surface area contributed by atoms with Crippen LogP contribution in [0.4, 0.5) is 0 Å². The highest BCUT2D eigenvalue weighted by Crippen LogP contribution is 2.17. The zero-order valence-electron chi connectivity index (χ0n) is 7.75. The van der Waals surface area contributed by atoms with E-state index in [0.717, 1.165) is 25.9 Å². The fraction of sp³-hybridized carbons (Fsp3) is 0.778. The van der Waals surface area contributed by atoms with E-state index in [1.165, 1.54) is 0 Å². The van der Waals surface area contributed by atoms with E-state index in [-0.39, 0.29) is 17.6 Å².